The minimum absolute atomic E-state index is 0.265. The summed E-state index contributed by atoms with van der Waals surface area (Å²) in [5, 5.41) is 4.02. The van der Waals surface area contributed by atoms with Gasteiger partial charge in [0.25, 0.3) is 0 Å². The molecule has 3 aromatic rings. The highest BCUT2D eigenvalue weighted by Gasteiger charge is 2.22. The molecular weight excluding hydrogens is 305 g/mol. The van der Waals surface area contributed by atoms with Gasteiger partial charge in [-0.1, -0.05) is 6.07 Å². The molecule has 2 aromatic heterocycles. The van der Waals surface area contributed by atoms with Crippen molar-refractivity contribution in [3.05, 3.63) is 54.9 Å². The van der Waals surface area contributed by atoms with E-state index < -0.39 is 0 Å². The number of benzene rings is 1. The zero-order valence-electron chi connectivity index (χ0n) is 13.2. The van der Waals surface area contributed by atoms with E-state index in [1.807, 2.05) is 24.4 Å². The Hall–Kier alpha value is -2.76. The average molecular weight is 323 g/mol. The van der Waals surface area contributed by atoms with Crippen LogP contribution in [0.25, 0.3) is 10.9 Å². The molecule has 1 aliphatic heterocycles. The van der Waals surface area contributed by atoms with Crippen LogP contribution in [0.3, 0.4) is 0 Å². The van der Waals surface area contributed by atoms with Gasteiger partial charge in [-0.05, 0) is 37.1 Å². The Morgan fingerprint density at radius 2 is 1.96 bits per heavy atom. The van der Waals surface area contributed by atoms with E-state index in [2.05, 4.69) is 25.2 Å². The van der Waals surface area contributed by atoms with Crippen LogP contribution in [0.15, 0.2) is 49.1 Å². The van der Waals surface area contributed by atoms with Gasteiger partial charge in [0.2, 0.25) is 0 Å². The van der Waals surface area contributed by atoms with Crippen LogP contribution in [0.5, 0.6) is 0 Å². The molecule has 4 rings (SSSR count). The number of anilines is 2. The van der Waals surface area contributed by atoms with Crippen molar-refractivity contribution >= 4 is 22.4 Å². The molecule has 24 heavy (non-hydrogen) atoms. The molecule has 1 saturated heterocycles. The minimum Gasteiger partial charge on any atom is -0.381 e. The molecular formula is C18H18FN5. The third-order valence-electron chi connectivity index (χ3n) is 4.42. The fourth-order valence-electron chi connectivity index (χ4n) is 3.21. The Kier molecular flexibility index (Phi) is 3.94. The normalized spacial score (nSPS) is 15.6. The molecule has 3 heterocycles. The van der Waals surface area contributed by atoms with Gasteiger partial charge < -0.3 is 10.2 Å². The lowest BCUT2D eigenvalue weighted by molar-refractivity contribution is 0.523. The average Bonchev–Trinajstić information content (AvgIpc) is 2.63. The Labute approximate surface area is 139 Å². The van der Waals surface area contributed by atoms with Crippen LogP contribution in [0.4, 0.5) is 15.9 Å². The zero-order chi connectivity index (χ0) is 16.4. The Morgan fingerprint density at radius 1 is 1.08 bits per heavy atom. The molecule has 5 nitrogen and oxygen atoms in total. The summed E-state index contributed by atoms with van der Waals surface area (Å²) >= 11 is 0. The first kappa shape index (κ1) is 14.8. The van der Waals surface area contributed by atoms with E-state index in [4.69, 9.17) is 0 Å². The van der Waals surface area contributed by atoms with Crippen LogP contribution in [0.1, 0.15) is 12.8 Å². The largest absolute Gasteiger partial charge is 0.381 e. The van der Waals surface area contributed by atoms with Crippen LogP contribution >= 0.6 is 0 Å². The van der Waals surface area contributed by atoms with Crippen molar-refractivity contribution in [3.8, 4) is 0 Å². The van der Waals surface area contributed by atoms with Gasteiger partial charge in [0, 0.05) is 31.5 Å². The predicted molar refractivity (Wildman–Crippen MR) is 92.6 cm³/mol. The summed E-state index contributed by atoms with van der Waals surface area (Å²) in [5.41, 5.74) is 1.69. The SMILES string of the molecule is Fc1cccc2ncnc(N3CCC(Nc4cccnc4)CC3)c12. The molecule has 0 bridgehead atoms. The van der Waals surface area contributed by atoms with Gasteiger partial charge in [-0.25, -0.2) is 14.4 Å². The summed E-state index contributed by atoms with van der Waals surface area (Å²) < 4.78 is 14.2. The molecule has 122 valence electrons. The number of nitrogens with one attached hydrogen (secondary N) is 1. The summed E-state index contributed by atoms with van der Waals surface area (Å²) in [6, 6.07) is 9.30. The number of hydrogen-bond acceptors (Lipinski definition) is 5. The molecule has 0 radical (unpaired) electrons. The van der Waals surface area contributed by atoms with Crippen molar-refractivity contribution in [2.75, 3.05) is 23.3 Å². The number of pyridine rings is 1. The van der Waals surface area contributed by atoms with Gasteiger partial charge in [0.15, 0.2) is 0 Å². The van der Waals surface area contributed by atoms with Crippen molar-refractivity contribution in [1.82, 2.24) is 15.0 Å². The maximum absolute atomic E-state index is 14.2. The quantitative estimate of drug-likeness (QED) is 0.802. The van der Waals surface area contributed by atoms with Crippen molar-refractivity contribution in [2.24, 2.45) is 0 Å². The molecule has 1 N–H and O–H groups in total. The third-order valence-corrected chi connectivity index (χ3v) is 4.42. The van der Waals surface area contributed by atoms with E-state index >= 15 is 0 Å². The summed E-state index contributed by atoms with van der Waals surface area (Å²) in [6.45, 7) is 1.66. The molecule has 0 aliphatic carbocycles. The van der Waals surface area contributed by atoms with Crippen LogP contribution in [0.2, 0.25) is 0 Å². The third kappa shape index (κ3) is 2.87. The lowest BCUT2D eigenvalue weighted by atomic mass is 10.0. The van der Waals surface area contributed by atoms with Crippen LogP contribution in [-0.4, -0.2) is 34.1 Å². The van der Waals surface area contributed by atoms with Crippen LogP contribution < -0.4 is 10.2 Å². The Bertz CT molecular complexity index is 826. The topological polar surface area (TPSA) is 53.9 Å². The van der Waals surface area contributed by atoms with Crippen LogP contribution in [-0.2, 0) is 0 Å². The van der Waals surface area contributed by atoms with Crippen molar-refractivity contribution in [2.45, 2.75) is 18.9 Å². The van der Waals surface area contributed by atoms with Gasteiger partial charge in [-0.15, -0.1) is 0 Å². The van der Waals surface area contributed by atoms with Crippen molar-refractivity contribution in [1.29, 1.82) is 0 Å². The molecule has 0 saturated carbocycles. The lowest BCUT2D eigenvalue weighted by Gasteiger charge is -2.34. The van der Waals surface area contributed by atoms with Gasteiger partial charge in [0.1, 0.15) is 18.0 Å². The zero-order valence-corrected chi connectivity index (χ0v) is 13.2. The van der Waals surface area contributed by atoms with Crippen molar-refractivity contribution in [3.63, 3.8) is 0 Å². The van der Waals surface area contributed by atoms with E-state index in [1.54, 1.807) is 12.3 Å². The summed E-state index contributed by atoms with van der Waals surface area (Å²) in [5.74, 6) is 0.427. The molecule has 0 atom stereocenters. The molecule has 1 fully saturated rings. The number of aromatic nitrogens is 3. The molecule has 1 aliphatic rings. The van der Waals surface area contributed by atoms with Gasteiger partial charge in [-0.2, -0.15) is 0 Å². The van der Waals surface area contributed by atoms with Gasteiger partial charge in [0.05, 0.1) is 16.6 Å². The summed E-state index contributed by atoms with van der Waals surface area (Å²) in [4.78, 5) is 14.8. The fraction of sp³-hybridized carbons (Fsp3) is 0.278. The van der Waals surface area contributed by atoms with Crippen molar-refractivity contribution < 1.29 is 4.39 Å². The monoisotopic (exact) mass is 323 g/mol. The first-order valence-electron chi connectivity index (χ1n) is 8.12. The second-order valence-electron chi connectivity index (χ2n) is 5.98. The van der Waals surface area contributed by atoms with E-state index in [1.165, 1.54) is 12.4 Å². The number of rotatable bonds is 3. The number of fused-ring (bicyclic) bond motifs is 1. The maximum Gasteiger partial charge on any atom is 0.142 e. The minimum atomic E-state index is -0.265. The van der Waals surface area contributed by atoms with E-state index in [9.17, 15) is 4.39 Å². The fourth-order valence-corrected chi connectivity index (χ4v) is 3.21. The van der Waals surface area contributed by atoms with E-state index in [-0.39, 0.29) is 5.82 Å². The van der Waals surface area contributed by atoms with Gasteiger partial charge in [-0.3, -0.25) is 4.98 Å². The first-order valence-corrected chi connectivity index (χ1v) is 8.12. The first-order chi connectivity index (χ1) is 11.8. The highest BCUT2D eigenvalue weighted by molar-refractivity contribution is 5.89. The predicted octanol–water partition coefficient (Wildman–Crippen LogP) is 3.24. The van der Waals surface area contributed by atoms with Gasteiger partial charge >= 0.3 is 0 Å². The van der Waals surface area contributed by atoms with E-state index in [0.717, 1.165) is 31.6 Å². The number of hydrogen-bond donors (Lipinski definition) is 1. The Balaban J connectivity index is 1.50. The standard InChI is InChI=1S/C18H18FN5/c19-15-4-1-5-16-17(15)18(22-12-21-16)24-9-6-13(7-10-24)23-14-3-2-8-20-11-14/h1-5,8,11-13,23H,6-7,9-10H2. The highest BCUT2D eigenvalue weighted by atomic mass is 19.1. The highest BCUT2D eigenvalue weighted by Crippen LogP contribution is 2.28. The molecule has 0 amide bonds. The second-order valence-corrected chi connectivity index (χ2v) is 5.98. The van der Waals surface area contributed by atoms with E-state index in [0.29, 0.717) is 22.8 Å². The Morgan fingerprint density at radius 3 is 2.75 bits per heavy atom. The maximum atomic E-state index is 14.2. The molecule has 6 heteroatoms. The number of piperidine rings is 1. The smallest absolute Gasteiger partial charge is 0.142 e. The second kappa shape index (κ2) is 6.39. The number of nitrogens with zero attached hydrogens (tertiary/aromatic N) is 4. The number of halogens is 1. The molecule has 0 spiro atoms. The summed E-state index contributed by atoms with van der Waals surface area (Å²) in [6.07, 6.45) is 7.04. The lowest BCUT2D eigenvalue weighted by Crippen LogP contribution is -2.39. The van der Waals surface area contributed by atoms with Crippen LogP contribution in [0, 0.1) is 5.82 Å². The molecule has 1 aromatic carbocycles. The molecule has 0 unspecified atom stereocenters. The summed E-state index contributed by atoms with van der Waals surface area (Å²) in [7, 11) is 0.